The van der Waals surface area contributed by atoms with Gasteiger partial charge in [-0.15, -0.1) is 0 Å². The molecule has 204 valence electrons. The van der Waals surface area contributed by atoms with Crippen LogP contribution < -0.4 is 9.47 Å². The van der Waals surface area contributed by atoms with E-state index in [1.54, 1.807) is 48.7 Å². The van der Waals surface area contributed by atoms with E-state index in [0.29, 0.717) is 88.8 Å². The standard InChI is InChI=1S/C28H34N2O8/c1-2-4-23-6-8-25(21-27(23)29-31)37-19-17-35-15-13-33-11-12-34-14-16-36-18-20-38-26-9-7-24-5-3-10-30(32)28(24)22-26/h2-10,21-22H,1,11-20H2,(H-,31,32)/p+1/b23-4-,29-27+. The lowest BCUT2D eigenvalue weighted by atomic mass is 10.0. The summed E-state index contributed by atoms with van der Waals surface area (Å²) < 4.78 is 34.3. The fraction of sp³-hybridized carbons (Fsp3) is 0.357. The van der Waals surface area contributed by atoms with E-state index < -0.39 is 0 Å². The molecule has 1 aromatic carbocycles. The van der Waals surface area contributed by atoms with Crippen LogP contribution in [-0.4, -0.2) is 82.2 Å². The van der Waals surface area contributed by atoms with Crippen LogP contribution in [0.25, 0.3) is 10.9 Å². The van der Waals surface area contributed by atoms with Crippen molar-refractivity contribution in [1.82, 2.24) is 0 Å². The van der Waals surface area contributed by atoms with E-state index in [2.05, 4.69) is 11.7 Å². The maximum absolute atomic E-state index is 9.86. The van der Waals surface area contributed by atoms with Crippen molar-refractivity contribution in [3.63, 3.8) is 0 Å². The van der Waals surface area contributed by atoms with Crippen molar-refractivity contribution in [2.45, 2.75) is 0 Å². The van der Waals surface area contributed by atoms with Gasteiger partial charge in [-0.05, 0) is 30.4 Å². The second-order valence-corrected chi connectivity index (χ2v) is 7.94. The highest BCUT2D eigenvalue weighted by atomic mass is 16.6. The Morgan fingerprint density at radius 2 is 1.45 bits per heavy atom. The molecule has 10 nitrogen and oxygen atoms in total. The molecule has 38 heavy (non-hydrogen) atoms. The van der Waals surface area contributed by atoms with Gasteiger partial charge in [0.15, 0.2) is 0 Å². The Bertz CT molecular complexity index is 1140. The minimum absolute atomic E-state index is 0.370. The fourth-order valence-electron chi connectivity index (χ4n) is 3.43. The minimum atomic E-state index is 0.370. The summed E-state index contributed by atoms with van der Waals surface area (Å²) in [6.07, 6.45) is 10.2. The number of ether oxygens (including phenoxy) is 6. The number of hydrogen-bond acceptors (Lipinski definition) is 9. The zero-order chi connectivity index (χ0) is 26.8. The molecule has 0 fully saturated rings. The summed E-state index contributed by atoms with van der Waals surface area (Å²) in [6, 6.07) is 9.23. The van der Waals surface area contributed by atoms with Crippen LogP contribution in [0, 0.1) is 0 Å². The molecule has 0 bridgehead atoms. The normalized spacial score (nSPS) is 15.2. The van der Waals surface area contributed by atoms with Crippen molar-refractivity contribution in [3.05, 3.63) is 84.8 Å². The van der Waals surface area contributed by atoms with Crippen molar-refractivity contribution in [1.29, 1.82) is 0 Å². The highest BCUT2D eigenvalue weighted by Gasteiger charge is 2.10. The molecule has 1 aromatic heterocycles. The van der Waals surface area contributed by atoms with Gasteiger partial charge in [-0.3, -0.25) is 5.21 Å². The Labute approximate surface area is 222 Å². The monoisotopic (exact) mass is 527 g/mol. The molecule has 1 aliphatic carbocycles. The van der Waals surface area contributed by atoms with Crippen molar-refractivity contribution < 1.29 is 43.6 Å². The number of allylic oxidation sites excluding steroid dienone is 6. The average Bonchev–Trinajstić information content (AvgIpc) is 2.94. The van der Waals surface area contributed by atoms with E-state index in [0.717, 1.165) is 15.7 Å². The van der Waals surface area contributed by atoms with E-state index in [4.69, 9.17) is 33.6 Å². The molecule has 1 aliphatic rings. The Morgan fingerprint density at radius 3 is 2.08 bits per heavy atom. The molecule has 0 saturated heterocycles. The van der Waals surface area contributed by atoms with Crippen LogP contribution in [0.5, 0.6) is 5.75 Å². The quantitative estimate of drug-likeness (QED) is 0.1000. The molecular formula is C28H35N2O8+. The number of fused-ring (bicyclic) bond motifs is 1. The molecule has 0 spiro atoms. The van der Waals surface area contributed by atoms with Crippen LogP contribution in [0.4, 0.5) is 0 Å². The number of rotatable bonds is 18. The first-order chi connectivity index (χ1) is 18.7. The lowest BCUT2D eigenvalue weighted by molar-refractivity contribution is -0.884. The van der Waals surface area contributed by atoms with Gasteiger partial charge in [-0.1, -0.05) is 23.9 Å². The van der Waals surface area contributed by atoms with Gasteiger partial charge in [0, 0.05) is 22.4 Å². The second-order valence-electron chi connectivity index (χ2n) is 7.94. The van der Waals surface area contributed by atoms with Gasteiger partial charge in [-0.2, -0.15) is 0 Å². The average molecular weight is 528 g/mol. The first-order valence-electron chi connectivity index (χ1n) is 12.4. The van der Waals surface area contributed by atoms with E-state index in [9.17, 15) is 5.21 Å². The predicted octanol–water partition coefficient (Wildman–Crippen LogP) is 3.22. The van der Waals surface area contributed by atoms with Gasteiger partial charge in [0.1, 0.15) is 30.4 Å². The predicted molar refractivity (Wildman–Crippen MR) is 141 cm³/mol. The van der Waals surface area contributed by atoms with Gasteiger partial charge in [-0.25, -0.2) is 0 Å². The lowest BCUT2D eigenvalue weighted by Crippen LogP contribution is -2.29. The van der Waals surface area contributed by atoms with E-state index in [-0.39, 0.29) is 0 Å². The number of pyridine rings is 1. The maximum atomic E-state index is 9.86. The summed E-state index contributed by atoms with van der Waals surface area (Å²) in [5, 5.41) is 23.1. The maximum Gasteiger partial charge on any atom is 0.268 e. The molecule has 2 aromatic rings. The molecule has 0 amide bonds. The summed E-state index contributed by atoms with van der Waals surface area (Å²) in [7, 11) is 0. The first kappa shape index (κ1) is 28.9. The van der Waals surface area contributed by atoms with Gasteiger partial charge in [0.25, 0.3) is 5.52 Å². The summed E-state index contributed by atoms with van der Waals surface area (Å²) in [5.41, 5.74) is 1.85. The van der Waals surface area contributed by atoms with Crippen molar-refractivity contribution in [3.8, 4) is 5.75 Å². The van der Waals surface area contributed by atoms with E-state index in [1.807, 2.05) is 18.2 Å². The van der Waals surface area contributed by atoms with E-state index >= 15 is 0 Å². The summed E-state index contributed by atoms with van der Waals surface area (Å²) in [5.74, 6) is 1.26. The molecule has 3 rings (SSSR count). The zero-order valence-corrected chi connectivity index (χ0v) is 21.4. The highest BCUT2D eigenvalue weighted by Crippen LogP contribution is 2.17. The van der Waals surface area contributed by atoms with Crippen LogP contribution >= 0.6 is 0 Å². The molecule has 0 atom stereocenters. The smallest absolute Gasteiger partial charge is 0.268 e. The molecule has 0 radical (unpaired) electrons. The molecule has 0 aliphatic heterocycles. The van der Waals surface area contributed by atoms with Gasteiger partial charge < -0.3 is 33.6 Å². The van der Waals surface area contributed by atoms with Crippen LogP contribution in [0.2, 0.25) is 0 Å². The second kappa shape index (κ2) is 16.9. The molecular weight excluding hydrogens is 492 g/mol. The molecule has 1 heterocycles. The van der Waals surface area contributed by atoms with Crippen LogP contribution in [-0.2, 0) is 23.7 Å². The lowest BCUT2D eigenvalue weighted by Gasteiger charge is -2.12. The molecule has 0 saturated carbocycles. The third-order valence-corrected chi connectivity index (χ3v) is 5.27. The Balaban J connectivity index is 1.10. The first-order valence-corrected chi connectivity index (χ1v) is 12.4. The SMILES string of the molecule is C=C/C=C1/C=CC(OCCOCCOCCOCCOCCOc2ccc3ccc[n+](O)c3c2)=C/C1=N\O. The molecule has 0 unspecified atom stereocenters. The number of hydrogen-bond donors (Lipinski definition) is 2. The number of nitrogens with zero attached hydrogens (tertiary/aromatic N) is 2. The third-order valence-electron chi connectivity index (χ3n) is 5.27. The summed E-state index contributed by atoms with van der Waals surface area (Å²) >= 11 is 0. The number of aromatic nitrogens is 1. The summed E-state index contributed by atoms with van der Waals surface area (Å²) in [4.78, 5) is 0. The molecule has 2 N–H and O–H groups in total. The van der Waals surface area contributed by atoms with E-state index in [1.165, 1.54) is 0 Å². The third kappa shape index (κ3) is 9.98. The van der Waals surface area contributed by atoms with Gasteiger partial charge in [0.05, 0.1) is 64.3 Å². The minimum Gasteiger partial charge on any atom is -0.491 e. The van der Waals surface area contributed by atoms with Gasteiger partial charge in [0.2, 0.25) is 6.20 Å². The Kier molecular flexibility index (Phi) is 12.9. The zero-order valence-electron chi connectivity index (χ0n) is 21.4. The number of benzene rings is 1. The van der Waals surface area contributed by atoms with Gasteiger partial charge >= 0.3 is 0 Å². The molecule has 10 heteroatoms. The Hall–Kier alpha value is -3.70. The van der Waals surface area contributed by atoms with Crippen molar-refractivity contribution in [2.75, 3.05) is 66.1 Å². The fourth-order valence-corrected chi connectivity index (χ4v) is 3.43. The number of oxime groups is 1. The topological polar surface area (TPSA) is 112 Å². The Morgan fingerprint density at radius 1 is 0.816 bits per heavy atom. The van der Waals surface area contributed by atoms with Crippen molar-refractivity contribution >= 4 is 16.6 Å². The van der Waals surface area contributed by atoms with Crippen LogP contribution in [0.3, 0.4) is 0 Å². The van der Waals surface area contributed by atoms with Crippen molar-refractivity contribution in [2.24, 2.45) is 5.16 Å². The van der Waals surface area contributed by atoms with Crippen LogP contribution in [0.1, 0.15) is 0 Å². The van der Waals surface area contributed by atoms with Crippen LogP contribution in [0.15, 0.2) is 90.0 Å². The largest absolute Gasteiger partial charge is 0.491 e. The summed E-state index contributed by atoms with van der Waals surface area (Å²) in [6.45, 7) is 8.03. The highest BCUT2D eigenvalue weighted by molar-refractivity contribution is 6.11.